The molecule has 0 aromatic heterocycles. The monoisotopic (exact) mass is 364 g/mol. The lowest BCUT2D eigenvalue weighted by molar-refractivity contribution is 0.0587. The Balaban J connectivity index is 2.28. The van der Waals surface area contributed by atoms with Crippen molar-refractivity contribution in [3.8, 4) is 0 Å². The first kappa shape index (κ1) is 18.8. The van der Waals surface area contributed by atoms with Crippen LogP contribution in [-0.4, -0.2) is 32.2 Å². The molecular weight excluding hydrogens is 350 g/mol. The van der Waals surface area contributed by atoms with E-state index in [9.17, 15) is 23.2 Å². The quantitative estimate of drug-likeness (QED) is 0.813. The summed E-state index contributed by atoms with van der Waals surface area (Å²) in [5.41, 5.74) is -0.286. The van der Waals surface area contributed by atoms with Gasteiger partial charge in [-0.15, -0.1) is 0 Å². The molecule has 2 aromatic rings. The maximum Gasteiger partial charge on any atom is 0.339 e. The van der Waals surface area contributed by atoms with Crippen molar-refractivity contribution >= 4 is 29.3 Å². The summed E-state index contributed by atoms with van der Waals surface area (Å²) in [6.07, 6.45) is 0. The number of hydrogen-bond donors (Lipinski definition) is 2. The minimum absolute atomic E-state index is 0.0325. The fraction of sp³-hybridized carbons (Fsp3) is 0.118. The highest BCUT2D eigenvalue weighted by atomic mass is 19.1. The van der Waals surface area contributed by atoms with E-state index in [1.54, 1.807) is 0 Å². The summed E-state index contributed by atoms with van der Waals surface area (Å²) in [7, 11) is 2.32. The average Bonchev–Trinajstić information content (AvgIpc) is 2.62. The molecule has 0 aliphatic carbocycles. The van der Waals surface area contributed by atoms with Gasteiger partial charge in [-0.2, -0.15) is 0 Å². The third-order valence-corrected chi connectivity index (χ3v) is 3.27. The van der Waals surface area contributed by atoms with Crippen molar-refractivity contribution in [2.75, 3.05) is 24.9 Å². The fourth-order valence-electron chi connectivity index (χ4n) is 2.05. The number of rotatable bonds is 4. The van der Waals surface area contributed by atoms with Gasteiger partial charge in [0, 0.05) is 6.07 Å². The Labute approximate surface area is 146 Å². The number of urea groups is 1. The van der Waals surface area contributed by atoms with E-state index in [2.05, 4.69) is 20.1 Å². The molecule has 26 heavy (non-hydrogen) atoms. The average molecular weight is 364 g/mol. The summed E-state index contributed by atoms with van der Waals surface area (Å²) in [5, 5.41) is 4.49. The first-order valence-electron chi connectivity index (χ1n) is 7.19. The van der Waals surface area contributed by atoms with E-state index in [0.29, 0.717) is 6.07 Å². The van der Waals surface area contributed by atoms with E-state index in [1.165, 1.54) is 25.3 Å². The zero-order valence-electron chi connectivity index (χ0n) is 13.8. The van der Waals surface area contributed by atoms with Crippen molar-refractivity contribution in [2.45, 2.75) is 0 Å². The van der Waals surface area contributed by atoms with Crippen molar-refractivity contribution in [3.05, 3.63) is 59.2 Å². The lowest BCUT2D eigenvalue weighted by Crippen LogP contribution is -2.22. The molecule has 0 spiro atoms. The van der Waals surface area contributed by atoms with Crippen molar-refractivity contribution in [2.24, 2.45) is 0 Å². The molecule has 0 unspecified atom stereocenters. The molecule has 0 fully saturated rings. The van der Waals surface area contributed by atoms with Gasteiger partial charge in [-0.05, 0) is 30.3 Å². The molecule has 0 bridgehead atoms. The second-order valence-corrected chi connectivity index (χ2v) is 4.95. The Hall–Kier alpha value is -3.49. The molecule has 0 saturated carbocycles. The van der Waals surface area contributed by atoms with Gasteiger partial charge in [-0.25, -0.2) is 23.2 Å². The first-order valence-corrected chi connectivity index (χ1v) is 7.19. The summed E-state index contributed by atoms with van der Waals surface area (Å²) in [6.45, 7) is 0. The van der Waals surface area contributed by atoms with Crippen LogP contribution in [0.15, 0.2) is 36.4 Å². The van der Waals surface area contributed by atoms with E-state index in [0.717, 1.165) is 19.2 Å². The number of anilines is 2. The number of methoxy groups -OCH3 is 2. The predicted octanol–water partition coefficient (Wildman–Crippen LogP) is 3.18. The predicted molar refractivity (Wildman–Crippen MR) is 88.1 cm³/mol. The molecule has 0 radical (unpaired) electrons. The first-order chi connectivity index (χ1) is 12.3. The Morgan fingerprint density at radius 3 is 2.12 bits per heavy atom. The second-order valence-electron chi connectivity index (χ2n) is 4.95. The van der Waals surface area contributed by atoms with Gasteiger partial charge in [0.15, 0.2) is 0 Å². The van der Waals surface area contributed by atoms with Gasteiger partial charge in [-0.3, -0.25) is 0 Å². The molecule has 2 amide bonds. The minimum Gasteiger partial charge on any atom is -0.465 e. The van der Waals surface area contributed by atoms with Crippen LogP contribution >= 0.6 is 0 Å². The number of amides is 2. The molecule has 0 heterocycles. The highest BCUT2D eigenvalue weighted by molar-refractivity contribution is 6.06. The van der Waals surface area contributed by atoms with Crippen molar-refractivity contribution in [1.29, 1.82) is 0 Å². The van der Waals surface area contributed by atoms with Crippen molar-refractivity contribution < 1.29 is 32.6 Å². The van der Waals surface area contributed by atoms with Crippen LogP contribution in [0.2, 0.25) is 0 Å². The molecule has 136 valence electrons. The number of nitrogens with one attached hydrogen (secondary N) is 2. The van der Waals surface area contributed by atoms with Gasteiger partial charge in [0.1, 0.15) is 11.6 Å². The van der Waals surface area contributed by atoms with Crippen LogP contribution in [0.1, 0.15) is 20.7 Å². The third-order valence-electron chi connectivity index (χ3n) is 3.27. The van der Waals surface area contributed by atoms with E-state index in [-0.39, 0.29) is 22.5 Å². The molecule has 7 nitrogen and oxygen atoms in total. The van der Waals surface area contributed by atoms with Crippen LogP contribution < -0.4 is 10.6 Å². The molecule has 9 heteroatoms. The normalized spacial score (nSPS) is 10.0. The second kappa shape index (κ2) is 8.06. The Morgan fingerprint density at radius 2 is 1.50 bits per heavy atom. The maximum absolute atomic E-state index is 13.6. The fourth-order valence-corrected chi connectivity index (χ4v) is 2.05. The third kappa shape index (κ3) is 4.32. The highest BCUT2D eigenvalue weighted by Crippen LogP contribution is 2.21. The summed E-state index contributed by atoms with van der Waals surface area (Å²) >= 11 is 0. The lowest BCUT2D eigenvalue weighted by Gasteiger charge is -2.12. The molecule has 0 saturated heterocycles. The van der Waals surface area contributed by atoms with E-state index in [4.69, 9.17) is 0 Å². The van der Waals surface area contributed by atoms with E-state index in [1.807, 2.05) is 0 Å². The van der Waals surface area contributed by atoms with Crippen molar-refractivity contribution in [1.82, 2.24) is 0 Å². The van der Waals surface area contributed by atoms with E-state index >= 15 is 0 Å². The summed E-state index contributed by atoms with van der Waals surface area (Å²) < 4.78 is 35.7. The molecule has 0 aliphatic heterocycles. The molecule has 0 atom stereocenters. The molecular formula is C17H14F2N2O5. The summed E-state index contributed by atoms with van der Waals surface area (Å²) in [5.74, 6) is -3.22. The van der Waals surface area contributed by atoms with Gasteiger partial charge < -0.3 is 20.1 Å². The number of carbonyl (C=O) groups excluding carboxylic acids is 3. The number of ether oxygens (including phenoxy) is 2. The number of benzene rings is 2. The Kier molecular flexibility index (Phi) is 5.84. The van der Waals surface area contributed by atoms with Crippen LogP contribution in [0.5, 0.6) is 0 Å². The van der Waals surface area contributed by atoms with Gasteiger partial charge >= 0.3 is 18.0 Å². The molecule has 2 N–H and O–H groups in total. The zero-order chi connectivity index (χ0) is 19.3. The van der Waals surface area contributed by atoms with Crippen molar-refractivity contribution in [3.63, 3.8) is 0 Å². The standard InChI is InChI=1S/C17H14F2N2O5/c1-25-15(22)9-3-5-11(16(23)26-2)14(7-9)21-17(24)20-13-6-4-10(18)8-12(13)19/h3-8H,1-2H3,(H2,20,21,24). The maximum atomic E-state index is 13.6. The SMILES string of the molecule is COC(=O)c1ccc(C(=O)OC)c(NC(=O)Nc2ccc(F)cc2F)c1. The Bertz CT molecular complexity index is 870. The van der Waals surface area contributed by atoms with Crippen LogP contribution in [0, 0.1) is 11.6 Å². The van der Waals surface area contributed by atoms with Gasteiger partial charge in [0.25, 0.3) is 0 Å². The molecule has 2 aromatic carbocycles. The number of carbonyl (C=O) groups is 3. The van der Waals surface area contributed by atoms with Crippen LogP contribution in [0.25, 0.3) is 0 Å². The molecule has 0 aliphatic rings. The summed E-state index contributed by atoms with van der Waals surface area (Å²) in [6, 6.07) is 5.49. The topological polar surface area (TPSA) is 93.7 Å². The number of halogens is 2. The van der Waals surface area contributed by atoms with Crippen LogP contribution in [0.3, 0.4) is 0 Å². The van der Waals surface area contributed by atoms with E-state index < -0.39 is 29.6 Å². The zero-order valence-corrected chi connectivity index (χ0v) is 13.8. The summed E-state index contributed by atoms with van der Waals surface area (Å²) in [4.78, 5) is 35.5. The largest absolute Gasteiger partial charge is 0.465 e. The highest BCUT2D eigenvalue weighted by Gasteiger charge is 2.18. The smallest absolute Gasteiger partial charge is 0.339 e. The number of hydrogen-bond acceptors (Lipinski definition) is 5. The van der Waals surface area contributed by atoms with Crippen LogP contribution in [-0.2, 0) is 9.47 Å². The lowest BCUT2D eigenvalue weighted by atomic mass is 10.1. The molecule has 2 rings (SSSR count). The van der Waals surface area contributed by atoms with Crippen LogP contribution in [0.4, 0.5) is 25.0 Å². The van der Waals surface area contributed by atoms with Gasteiger partial charge in [0.05, 0.1) is 36.7 Å². The Morgan fingerprint density at radius 1 is 0.846 bits per heavy atom. The van der Waals surface area contributed by atoms with Gasteiger partial charge in [0.2, 0.25) is 0 Å². The minimum atomic E-state index is -0.975. The van der Waals surface area contributed by atoms with Gasteiger partial charge in [-0.1, -0.05) is 0 Å². The number of esters is 2.